The molecule has 6 nitrogen and oxygen atoms in total. The summed E-state index contributed by atoms with van der Waals surface area (Å²) in [6.07, 6.45) is 4.02. The van der Waals surface area contributed by atoms with Crippen LogP contribution < -0.4 is 10.6 Å². The van der Waals surface area contributed by atoms with Crippen LogP contribution in [0.15, 0.2) is 42.6 Å². The lowest BCUT2D eigenvalue weighted by Gasteiger charge is -2.10. The highest BCUT2D eigenvalue weighted by Gasteiger charge is 2.16. The number of hydrogen-bond donors (Lipinski definition) is 2. The third-order valence-electron chi connectivity index (χ3n) is 3.37. The molecule has 0 saturated carbocycles. The number of urea groups is 1. The number of para-hydroxylation sites is 1. The summed E-state index contributed by atoms with van der Waals surface area (Å²) in [4.78, 5) is 11.8. The molecule has 2 N–H and O–H groups in total. The Morgan fingerprint density at radius 1 is 1.33 bits per heavy atom. The highest BCUT2D eigenvalue weighted by Crippen LogP contribution is 2.11. The first-order valence-corrected chi connectivity index (χ1v) is 7.09. The van der Waals surface area contributed by atoms with Crippen LogP contribution in [0.3, 0.4) is 0 Å². The maximum absolute atomic E-state index is 11.8. The maximum atomic E-state index is 11.8. The molecule has 0 spiro atoms. The molecule has 6 heteroatoms. The Balaban J connectivity index is 1.53. The van der Waals surface area contributed by atoms with Crippen molar-refractivity contribution in [2.45, 2.75) is 18.9 Å². The van der Waals surface area contributed by atoms with Crippen LogP contribution >= 0.6 is 0 Å². The topological polar surface area (TPSA) is 68.2 Å². The van der Waals surface area contributed by atoms with Crippen molar-refractivity contribution in [1.29, 1.82) is 0 Å². The van der Waals surface area contributed by atoms with E-state index in [1.807, 2.05) is 36.5 Å². The van der Waals surface area contributed by atoms with Gasteiger partial charge in [0.25, 0.3) is 0 Å². The molecule has 3 rings (SSSR count). The number of nitrogens with zero attached hydrogens (tertiary/aromatic N) is 2. The highest BCUT2D eigenvalue weighted by molar-refractivity contribution is 5.88. The number of aromatic nitrogens is 2. The zero-order valence-corrected chi connectivity index (χ0v) is 11.7. The fourth-order valence-electron chi connectivity index (χ4n) is 2.29. The Morgan fingerprint density at radius 3 is 2.95 bits per heavy atom. The summed E-state index contributed by atoms with van der Waals surface area (Å²) in [7, 11) is 0. The van der Waals surface area contributed by atoms with E-state index in [1.54, 1.807) is 10.7 Å². The van der Waals surface area contributed by atoms with Gasteiger partial charge in [0.2, 0.25) is 0 Å². The third-order valence-corrected chi connectivity index (χ3v) is 3.37. The normalized spacial score (nSPS) is 17.6. The fraction of sp³-hybridized carbons (Fsp3) is 0.333. The lowest BCUT2D eigenvalue weighted by Crippen LogP contribution is -2.35. The Bertz CT molecular complexity index is 591. The molecule has 1 aromatic carbocycles. The molecule has 1 atom stereocenters. The number of nitrogens with one attached hydrogen (secondary N) is 2. The van der Waals surface area contributed by atoms with Gasteiger partial charge in [0.15, 0.2) is 5.82 Å². The molecule has 1 aliphatic rings. The van der Waals surface area contributed by atoms with Gasteiger partial charge in [-0.2, -0.15) is 0 Å². The summed E-state index contributed by atoms with van der Waals surface area (Å²) in [6, 6.07) is 11.2. The highest BCUT2D eigenvalue weighted by atomic mass is 16.5. The average molecular weight is 286 g/mol. The van der Waals surface area contributed by atoms with E-state index in [0.29, 0.717) is 12.4 Å². The lowest BCUT2D eigenvalue weighted by molar-refractivity contribution is 0.112. The minimum atomic E-state index is -0.260. The van der Waals surface area contributed by atoms with Gasteiger partial charge in [0.05, 0.1) is 11.8 Å². The number of rotatable bonds is 4. The Morgan fingerprint density at radius 2 is 2.19 bits per heavy atom. The number of amides is 2. The van der Waals surface area contributed by atoms with E-state index in [0.717, 1.165) is 25.1 Å². The van der Waals surface area contributed by atoms with Crippen LogP contribution in [0, 0.1) is 0 Å². The van der Waals surface area contributed by atoms with Crippen molar-refractivity contribution in [2.75, 3.05) is 18.5 Å². The zero-order valence-electron chi connectivity index (χ0n) is 11.7. The van der Waals surface area contributed by atoms with E-state index in [2.05, 4.69) is 15.7 Å². The predicted molar refractivity (Wildman–Crippen MR) is 79.6 cm³/mol. The molecule has 0 radical (unpaired) electrons. The van der Waals surface area contributed by atoms with Gasteiger partial charge in [-0.3, -0.25) is 5.32 Å². The number of ether oxygens (including phenoxy) is 1. The first kappa shape index (κ1) is 13.6. The van der Waals surface area contributed by atoms with E-state index in [4.69, 9.17) is 4.74 Å². The zero-order chi connectivity index (χ0) is 14.5. The van der Waals surface area contributed by atoms with E-state index in [-0.39, 0.29) is 12.1 Å². The minimum absolute atomic E-state index is 0.137. The van der Waals surface area contributed by atoms with Crippen LogP contribution in [0.4, 0.5) is 10.6 Å². The first-order chi connectivity index (χ1) is 10.3. The molecule has 1 aromatic heterocycles. The van der Waals surface area contributed by atoms with E-state index in [1.165, 1.54) is 0 Å². The number of anilines is 1. The van der Waals surface area contributed by atoms with E-state index in [9.17, 15) is 4.79 Å². The quantitative estimate of drug-likeness (QED) is 0.905. The third kappa shape index (κ3) is 3.61. The number of benzene rings is 1. The summed E-state index contributed by atoms with van der Waals surface area (Å²) < 4.78 is 7.17. The lowest BCUT2D eigenvalue weighted by atomic mass is 10.2. The molecular weight excluding hydrogens is 268 g/mol. The fourth-order valence-corrected chi connectivity index (χ4v) is 2.29. The summed E-state index contributed by atoms with van der Waals surface area (Å²) in [6.45, 7) is 1.32. The van der Waals surface area contributed by atoms with Crippen molar-refractivity contribution in [3.63, 3.8) is 0 Å². The molecule has 110 valence electrons. The van der Waals surface area contributed by atoms with Gasteiger partial charge in [-0.25, -0.2) is 9.48 Å². The Hall–Kier alpha value is -2.34. The summed E-state index contributed by atoms with van der Waals surface area (Å²) in [5.41, 5.74) is 0.949. The van der Waals surface area contributed by atoms with Crippen LogP contribution in [0.1, 0.15) is 12.8 Å². The second-order valence-electron chi connectivity index (χ2n) is 4.95. The van der Waals surface area contributed by atoms with Crippen LogP contribution in [0.2, 0.25) is 0 Å². The predicted octanol–water partition coefficient (Wildman–Crippen LogP) is 2.17. The molecule has 1 fully saturated rings. The van der Waals surface area contributed by atoms with Gasteiger partial charge in [0, 0.05) is 25.4 Å². The van der Waals surface area contributed by atoms with Crippen molar-refractivity contribution in [2.24, 2.45) is 0 Å². The Labute approximate surface area is 123 Å². The molecule has 1 saturated heterocycles. The van der Waals surface area contributed by atoms with Crippen molar-refractivity contribution < 1.29 is 9.53 Å². The molecule has 0 aliphatic carbocycles. The molecule has 21 heavy (non-hydrogen) atoms. The van der Waals surface area contributed by atoms with Crippen molar-refractivity contribution >= 4 is 11.8 Å². The summed E-state index contributed by atoms with van der Waals surface area (Å²) >= 11 is 0. The van der Waals surface area contributed by atoms with Crippen molar-refractivity contribution in [1.82, 2.24) is 15.1 Å². The number of carbonyl (C=O) groups is 1. The van der Waals surface area contributed by atoms with Gasteiger partial charge < -0.3 is 10.1 Å². The molecule has 1 aliphatic heterocycles. The van der Waals surface area contributed by atoms with Crippen LogP contribution in [0.25, 0.3) is 5.69 Å². The SMILES string of the molecule is O=C(NCC1CCCO1)Nc1ccn(-c2ccccc2)n1. The van der Waals surface area contributed by atoms with E-state index >= 15 is 0 Å². The molecule has 2 amide bonds. The minimum Gasteiger partial charge on any atom is -0.376 e. The largest absolute Gasteiger partial charge is 0.376 e. The number of hydrogen-bond acceptors (Lipinski definition) is 3. The van der Waals surface area contributed by atoms with E-state index < -0.39 is 0 Å². The maximum Gasteiger partial charge on any atom is 0.320 e. The second-order valence-corrected chi connectivity index (χ2v) is 4.95. The van der Waals surface area contributed by atoms with Gasteiger partial charge >= 0.3 is 6.03 Å². The second kappa shape index (κ2) is 6.41. The first-order valence-electron chi connectivity index (χ1n) is 7.09. The van der Waals surface area contributed by atoms with Gasteiger partial charge in [0.1, 0.15) is 0 Å². The van der Waals surface area contributed by atoms with Crippen LogP contribution in [-0.4, -0.2) is 35.1 Å². The molecule has 2 heterocycles. The molecular formula is C15H18N4O2. The molecule has 2 aromatic rings. The van der Waals surface area contributed by atoms with Gasteiger partial charge in [-0.15, -0.1) is 5.10 Å². The van der Waals surface area contributed by atoms with Crippen molar-refractivity contribution in [3.8, 4) is 5.69 Å². The molecule has 1 unspecified atom stereocenters. The monoisotopic (exact) mass is 286 g/mol. The smallest absolute Gasteiger partial charge is 0.320 e. The standard InChI is InChI=1S/C15H18N4O2/c20-15(16-11-13-7-4-10-21-13)17-14-8-9-19(18-14)12-5-2-1-3-6-12/h1-3,5-6,8-9,13H,4,7,10-11H2,(H2,16,17,18,20). The summed E-state index contributed by atoms with van der Waals surface area (Å²) in [5.74, 6) is 0.517. The van der Waals surface area contributed by atoms with Crippen LogP contribution in [0.5, 0.6) is 0 Å². The van der Waals surface area contributed by atoms with Gasteiger partial charge in [-0.1, -0.05) is 18.2 Å². The average Bonchev–Trinajstić information content (AvgIpc) is 3.17. The number of carbonyl (C=O) groups excluding carboxylic acids is 1. The Kier molecular flexibility index (Phi) is 4.16. The van der Waals surface area contributed by atoms with Crippen LogP contribution in [-0.2, 0) is 4.74 Å². The molecule has 0 bridgehead atoms. The van der Waals surface area contributed by atoms with Gasteiger partial charge in [-0.05, 0) is 25.0 Å². The van der Waals surface area contributed by atoms with Crippen molar-refractivity contribution in [3.05, 3.63) is 42.6 Å². The summed E-state index contributed by atoms with van der Waals surface area (Å²) in [5, 5.41) is 9.83.